The van der Waals surface area contributed by atoms with E-state index >= 15 is 0 Å². The van der Waals surface area contributed by atoms with Crippen LogP contribution in [0.5, 0.6) is 0 Å². The van der Waals surface area contributed by atoms with Crippen LogP contribution in [0.25, 0.3) is 11.1 Å². The van der Waals surface area contributed by atoms with E-state index in [0.29, 0.717) is 6.54 Å². The topological polar surface area (TPSA) is 29.4 Å². The van der Waals surface area contributed by atoms with Crippen molar-refractivity contribution >= 4 is 6.08 Å². The lowest BCUT2D eigenvalue weighted by molar-refractivity contribution is 0.563. The molecule has 0 spiro atoms. The van der Waals surface area contributed by atoms with E-state index in [-0.39, 0.29) is 0 Å². The molecule has 2 heteroatoms. The Balaban J connectivity index is 2.22. The van der Waals surface area contributed by atoms with Crippen LogP contribution in [0, 0.1) is 6.92 Å². The minimum atomic E-state index is 0.400. The van der Waals surface area contributed by atoms with Crippen molar-refractivity contribution in [3.05, 3.63) is 59.7 Å². The lowest BCUT2D eigenvalue weighted by Crippen LogP contribution is -1.82. The van der Waals surface area contributed by atoms with Crippen LogP contribution in [0.4, 0.5) is 0 Å². The molecule has 0 amide bonds. The van der Waals surface area contributed by atoms with Crippen molar-refractivity contribution in [3.63, 3.8) is 0 Å². The number of aliphatic imine (C=N–C) groups is 1. The average Bonchev–Trinajstić information content (AvgIpc) is 2.38. The monoisotopic (exact) mass is 223 g/mol. The van der Waals surface area contributed by atoms with Gasteiger partial charge in [-0.1, -0.05) is 54.1 Å². The van der Waals surface area contributed by atoms with Crippen molar-refractivity contribution < 1.29 is 4.79 Å². The zero-order valence-corrected chi connectivity index (χ0v) is 9.68. The van der Waals surface area contributed by atoms with Gasteiger partial charge in [-0.25, -0.2) is 9.79 Å². The summed E-state index contributed by atoms with van der Waals surface area (Å²) in [4.78, 5) is 13.6. The molecule has 0 N–H and O–H groups in total. The number of isocyanates is 1. The fourth-order valence-electron chi connectivity index (χ4n) is 1.67. The van der Waals surface area contributed by atoms with Crippen molar-refractivity contribution in [1.29, 1.82) is 0 Å². The van der Waals surface area contributed by atoms with E-state index in [2.05, 4.69) is 36.2 Å². The van der Waals surface area contributed by atoms with Crippen LogP contribution >= 0.6 is 0 Å². The standard InChI is InChI=1S/C15H13NO/c1-12-2-6-14(7-3-12)15-8-4-13(5-9-15)10-16-11-17/h2-9H,10H2,1H3. The van der Waals surface area contributed by atoms with E-state index in [1.54, 1.807) is 6.08 Å². The van der Waals surface area contributed by atoms with Gasteiger partial charge in [0, 0.05) is 0 Å². The first-order valence-electron chi connectivity index (χ1n) is 5.49. The predicted octanol–water partition coefficient (Wildman–Crippen LogP) is 3.50. The summed E-state index contributed by atoms with van der Waals surface area (Å²) in [6.45, 7) is 2.47. The van der Waals surface area contributed by atoms with Gasteiger partial charge in [0.15, 0.2) is 0 Å². The predicted molar refractivity (Wildman–Crippen MR) is 68.4 cm³/mol. The van der Waals surface area contributed by atoms with Gasteiger partial charge >= 0.3 is 0 Å². The van der Waals surface area contributed by atoms with Gasteiger partial charge in [0.05, 0.1) is 6.54 Å². The molecule has 17 heavy (non-hydrogen) atoms. The molecule has 0 aliphatic heterocycles. The van der Waals surface area contributed by atoms with E-state index in [1.807, 2.05) is 24.3 Å². The summed E-state index contributed by atoms with van der Waals surface area (Å²) in [6, 6.07) is 16.5. The van der Waals surface area contributed by atoms with Crippen molar-refractivity contribution in [2.45, 2.75) is 13.5 Å². The molecule has 2 rings (SSSR count). The molecular weight excluding hydrogens is 210 g/mol. The summed E-state index contributed by atoms with van der Waals surface area (Å²) in [7, 11) is 0. The van der Waals surface area contributed by atoms with E-state index < -0.39 is 0 Å². The van der Waals surface area contributed by atoms with E-state index in [4.69, 9.17) is 0 Å². The van der Waals surface area contributed by atoms with Crippen LogP contribution in [-0.2, 0) is 11.3 Å². The van der Waals surface area contributed by atoms with E-state index in [9.17, 15) is 4.79 Å². The molecule has 0 aliphatic rings. The van der Waals surface area contributed by atoms with Gasteiger partial charge in [0.1, 0.15) is 0 Å². The van der Waals surface area contributed by atoms with Gasteiger partial charge in [0.25, 0.3) is 0 Å². The highest BCUT2D eigenvalue weighted by atomic mass is 16.1. The normalized spacial score (nSPS) is 9.71. The molecule has 0 atom stereocenters. The fraction of sp³-hybridized carbons (Fsp3) is 0.133. The minimum absolute atomic E-state index is 0.400. The smallest absolute Gasteiger partial charge is 0.211 e. The lowest BCUT2D eigenvalue weighted by Gasteiger charge is -2.03. The molecule has 0 aromatic heterocycles. The Morgan fingerprint density at radius 1 is 0.941 bits per heavy atom. The first-order valence-corrected chi connectivity index (χ1v) is 5.49. The summed E-state index contributed by atoms with van der Waals surface area (Å²) < 4.78 is 0. The maximum absolute atomic E-state index is 10.0. The molecule has 0 fully saturated rings. The number of carbonyl (C=O) groups excluding carboxylic acids is 1. The van der Waals surface area contributed by atoms with Crippen molar-refractivity contribution in [1.82, 2.24) is 0 Å². The summed E-state index contributed by atoms with van der Waals surface area (Å²) >= 11 is 0. The van der Waals surface area contributed by atoms with Gasteiger partial charge in [-0.3, -0.25) is 0 Å². The molecule has 0 radical (unpaired) electrons. The highest BCUT2D eigenvalue weighted by Gasteiger charge is 1.97. The quantitative estimate of drug-likeness (QED) is 0.578. The molecule has 84 valence electrons. The Kier molecular flexibility index (Phi) is 3.49. The maximum Gasteiger partial charge on any atom is 0.235 e. The minimum Gasteiger partial charge on any atom is -0.211 e. The van der Waals surface area contributed by atoms with Gasteiger partial charge in [-0.05, 0) is 23.6 Å². The van der Waals surface area contributed by atoms with Crippen LogP contribution in [0.3, 0.4) is 0 Å². The third kappa shape index (κ3) is 2.90. The second-order valence-electron chi connectivity index (χ2n) is 3.97. The molecule has 2 aromatic rings. The Labute approximate surface area is 101 Å². The van der Waals surface area contributed by atoms with Crippen molar-refractivity contribution in [2.75, 3.05) is 0 Å². The van der Waals surface area contributed by atoms with Crippen LogP contribution in [0.15, 0.2) is 53.5 Å². The molecule has 0 unspecified atom stereocenters. The van der Waals surface area contributed by atoms with Crippen LogP contribution in [0.2, 0.25) is 0 Å². The summed E-state index contributed by atoms with van der Waals surface area (Å²) in [6.07, 6.45) is 1.54. The highest BCUT2D eigenvalue weighted by Crippen LogP contribution is 2.20. The number of rotatable bonds is 3. The van der Waals surface area contributed by atoms with Crippen LogP contribution in [-0.4, -0.2) is 6.08 Å². The zero-order valence-electron chi connectivity index (χ0n) is 9.68. The number of nitrogens with zero attached hydrogens (tertiary/aromatic N) is 1. The summed E-state index contributed by atoms with van der Waals surface area (Å²) in [5.41, 5.74) is 4.64. The van der Waals surface area contributed by atoms with Gasteiger partial charge < -0.3 is 0 Å². The molecule has 0 aliphatic carbocycles. The third-order valence-corrected chi connectivity index (χ3v) is 2.67. The van der Waals surface area contributed by atoms with Crippen LogP contribution < -0.4 is 0 Å². The first kappa shape index (κ1) is 11.3. The zero-order chi connectivity index (χ0) is 12.1. The summed E-state index contributed by atoms with van der Waals surface area (Å²) in [5.74, 6) is 0. The number of hydrogen-bond donors (Lipinski definition) is 0. The fourth-order valence-corrected chi connectivity index (χ4v) is 1.67. The third-order valence-electron chi connectivity index (χ3n) is 2.67. The van der Waals surface area contributed by atoms with E-state index in [1.165, 1.54) is 16.7 Å². The number of aryl methyl sites for hydroxylation is 1. The second-order valence-corrected chi connectivity index (χ2v) is 3.97. The molecule has 0 saturated carbocycles. The van der Waals surface area contributed by atoms with Gasteiger partial charge in [-0.2, -0.15) is 0 Å². The van der Waals surface area contributed by atoms with E-state index in [0.717, 1.165) is 5.56 Å². The first-order chi connectivity index (χ1) is 8.29. The van der Waals surface area contributed by atoms with Gasteiger partial charge in [-0.15, -0.1) is 0 Å². The van der Waals surface area contributed by atoms with Crippen molar-refractivity contribution in [2.24, 2.45) is 4.99 Å². The number of benzene rings is 2. The molecular formula is C15H13NO. The highest BCUT2D eigenvalue weighted by molar-refractivity contribution is 5.63. The summed E-state index contributed by atoms with van der Waals surface area (Å²) in [5, 5.41) is 0. The molecule has 0 heterocycles. The SMILES string of the molecule is Cc1ccc(-c2ccc(CN=C=O)cc2)cc1. The Morgan fingerprint density at radius 3 is 2.00 bits per heavy atom. The Morgan fingerprint density at radius 2 is 1.47 bits per heavy atom. The Hall–Kier alpha value is -2.18. The van der Waals surface area contributed by atoms with Gasteiger partial charge in [0.2, 0.25) is 6.08 Å². The molecule has 2 nitrogen and oxygen atoms in total. The Bertz CT molecular complexity index is 534. The maximum atomic E-state index is 10.0. The molecule has 0 saturated heterocycles. The van der Waals surface area contributed by atoms with Crippen LogP contribution in [0.1, 0.15) is 11.1 Å². The molecule has 2 aromatic carbocycles. The second kappa shape index (κ2) is 5.24. The average molecular weight is 223 g/mol. The number of hydrogen-bond acceptors (Lipinski definition) is 2. The lowest BCUT2D eigenvalue weighted by atomic mass is 10.0. The van der Waals surface area contributed by atoms with Crippen molar-refractivity contribution in [3.8, 4) is 11.1 Å². The largest absolute Gasteiger partial charge is 0.235 e. The molecule has 0 bridgehead atoms.